The van der Waals surface area contributed by atoms with Crippen molar-refractivity contribution in [1.82, 2.24) is 0 Å². The molecule has 0 amide bonds. The summed E-state index contributed by atoms with van der Waals surface area (Å²) in [5, 5.41) is 0. The molecule has 0 spiro atoms. The van der Waals surface area contributed by atoms with Crippen LogP contribution in [-0.2, 0) is 17.8 Å². The van der Waals surface area contributed by atoms with E-state index in [1.54, 1.807) is 6.92 Å². The van der Waals surface area contributed by atoms with Gasteiger partial charge in [-0.3, -0.25) is 0 Å². The van der Waals surface area contributed by atoms with E-state index in [0.29, 0.717) is 28.8 Å². The van der Waals surface area contributed by atoms with E-state index in [1.807, 2.05) is 0 Å². The maximum Gasteiger partial charge on any atom is 0.333 e. The van der Waals surface area contributed by atoms with Gasteiger partial charge in [0.15, 0.2) is 8.32 Å². The molecule has 0 aromatic rings. The Labute approximate surface area is 231 Å². The normalized spacial score (nSPS) is 24.9. The van der Waals surface area contributed by atoms with Gasteiger partial charge in [0, 0.05) is 5.57 Å². The second-order valence-corrected chi connectivity index (χ2v) is 23.5. The predicted octanol–water partition coefficient (Wildman–Crippen LogP) is 6.34. The Hall–Kier alpha value is -1.56. The average Bonchev–Trinajstić information content (AvgIpc) is 2.92. The maximum atomic E-state index is 11.5. The van der Waals surface area contributed by atoms with Crippen LogP contribution in [-0.4, -0.2) is 48.7 Å². The third-order valence-electron chi connectivity index (χ3n) is 7.57. The lowest BCUT2D eigenvalue weighted by Crippen LogP contribution is -2.52. The van der Waals surface area contributed by atoms with E-state index in [9.17, 15) is 4.79 Å². The van der Waals surface area contributed by atoms with Crippen molar-refractivity contribution in [2.24, 2.45) is 0 Å². The van der Waals surface area contributed by atoms with Gasteiger partial charge in [-0.2, -0.15) is 0 Å². The summed E-state index contributed by atoms with van der Waals surface area (Å²) in [6.07, 6.45) is 31.9. The molecule has 202 valence electrons. The molecular weight excluding hydrogens is 525 g/mol. The fraction of sp³-hybridized carbons (Fsp3) is 0.483. The van der Waals surface area contributed by atoms with Gasteiger partial charge in [-0.25, -0.2) is 4.79 Å². The molecule has 0 aromatic heterocycles. The van der Waals surface area contributed by atoms with Gasteiger partial charge >= 0.3 is 5.97 Å². The van der Waals surface area contributed by atoms with E-state index in [2.05, 4.69) is 92.6 Å². The van der Waals surface area contributed by atoms with Crippen LogP contribution in [0, 0.1) is 0 Å². The summed E-state index contributed by atoms with van der Waals surface area (Å²) >= 11 is 0. The highest BCUT2D eigenvalue weighted by atomic mass is 28.4. The van der Waals surface area contributed by atoms with Gasteiger partial charge in [-0.15, -0.1) is 0 Å². The standard InChI is InChI=1S/C29H46O4Si4/c1-25(2)29(30)31-21-14-22-34-32-36(3,4)24-23-35-33-37(26-15-8-5-9-16-26,27-17-10-6-11-18-27)28-19-12-7-13-20-28/h5-13,15,17,19,26-28H,1,14,16,18,20-24,34-35H2,2-4H3. The molecule has 0 N–H and O–H groups in total. The largest absolute Gasteiger partial charge is 0.462 e. The highest BCUT2D eigenvalue weighted by molar-refractivity contribution is 6.83. The van der Waals surface area contributed by atoms with Crippen LogP contribution in [0.1, 0.15) is 32.6 Å². The molecule has 8 heteroatoms. The van der Waals surface area contributed by atoms with E-state index in [0.717, 1.165) is 31.7 Å². The van der Waals surface area contributed by atoms with E-state index in [1.165, 1.54) is 12.1 Å². The molecule has 0 aromatic carbocycles. The molecule has 4 nitrogen and oxygen atoms in total. The third kappa shape index (κ3) is 9.00. The molecular formula is C29H46O4Si4. The quantitative estimate of drug-likeness (QED) is 0.0997. The zero-order chi connectivity index (χ0) is 26.6. The average molecular weight is 571 g/mol. The van der Waals surface area contributed by atoms with Crippen molar-refractivity contribution in [3.63, 3.8) is 0 Å². The fourth-order valence-electron chi connectivity index (χ4n) is 5.55. The third-order valence-corrected chi connectivity index (χ3v) is 22.8. The predicted molar refractivity (Wildman–Crippen MR) is 167 cm³/mol. The maximum absolute atomic E-state index is 11.5. The lowest BCUT2D eigenvalue weighted by molar-refractivity contribution is -0.138. The minimum Gasteiger partial charge on any atom is -0.462 e. The fourth-order valence-corrected chi connectivity index (χ4v) is 22.3. The summed E-state index contributed by atoms with van der Waals surface area (Å²) in [5.74, 6) is -0.291. The first-order chi connectivity index (χ1) is 17.8. The van der Waals surface area contributed by atoms with Gasteiger partial charge in [0.25, 0.3) is 0 Å². The Bertz CT molecular complexity index is 873. The van der Waals surface area contributed by atoms with Crippen LogP contribution in [0.3, 0.4) is 0 Å². The molecule has 3 aliphatic carbocycles. The second-order valence-electron chi connectivity index (χ2n) is 11.0. The first-order valence-corrected chi connectivity index (χ1v) is 22.4. The number of ether oxygens (including phenoxy) is 1. The summed E-state index contributed by atoms with van der Waals surface area (Å²) in [7, 11) is -5.10. The van der Waals surface area contributed by atoms with Crippen LogP contribution < -0.4 is 0 Å². The molecule has 3 aliphatic rings. The Kier molecular flexibility index (Phi) is 12.3. The first kappa shape index (κ1) is 30.0. The first-order valence-electron chi connectivity index (χ1n) is 14.0. The van der Waals surface area contributed by atoms with Crippen molar-refractivity contribution in [3.8, 4) is 0 Å². The van der Waals surface area contributed by atoms with Crippen LogP contribution in [0.25, 0.3) is 0 Å². The summed E-state index contributed by atoms with van der Waals surface area (Å²) in [4.78, 5) is 11.5. The Morgan fingerprint density at radius 2 is 1.35 bits per heavy atom. The van der Waals surface area contributed by atoms with Crippen molar-refractivity contribution < 1.29 is 17.8 Å². The minimum absolute atomic E-state index is 0.291. The summed E-state index contributed by atoms with van der Waals surface area (Å²) in [6.45, 7) is 10.5. The lowest BCUT2D eigenvalue weighted by atomic mass is 10.1. The van der Waals surface area contributed by atoms with E-state index >= 15 is 0 Å². The SMILES string of the molecule is C=C(C)C(=O)OCCC[SiH2]O[Si](C)(C)CC[SiH2]O[Si](C1C=CC=CC1)(C1C=CC=CC1)C1C=CC=CC1. The zero-order valence-electron chi connectivity index (χ0n) is 23.1. The number of hydrogen-bond donors (Lipinski definition) is 0. The van der Waals surface area contributed by atoms with E-state index < -0.39 is 36.2 Å². The monoisotopic (exact) mass is 570 g/mol. The number of carbonyl (C=O) groups excluding carboxylic acids is 1. The van der Waals surface area contributed by atoms with E-state index in [-0.39, 0.29) is 5.97 Å². The van der Waals surface area contributed by atoms with Crippen LogP contribution in [0.2, 0.25) is 47.8 Å². The molecule has 0 fully saturated rings. The van der Waals surface area contributed by atoms with Crippen molar-refractivity contribution in [3.05, 3.63) is 85.1 Å². The summed E-state index contributed by atoms with van der Waals surface area (Å²) in [5.41, 5.74) is 2.05. The lowest BCUT2D eigenvalue weighted by Gasteiger charge is -2.48. The van der Waals surface area contributed by atoms with Gasteiger partial charge in [0.05, 0.1) is 6.61 Å². The van der Waals surface area contributed by atoms with Crippen molar-refractivity contribution in [1.29, 1.82) is 0 Å². The number of rotatable bonds is 15. The molecule has 0 saturated heterocycles. The molecule has 0 bridgehead atoms. The molecule has 0 heterocycles. The summed E-state index contributed by atoms with van der Waals surface area (Å²) in [6, 6.07) is 3.43. The van der Waals surface area contributed by atoms with Crippen molar-refractivity contribution >= 4 is 42.1 Å². The van der Waals surface area contributed by atoms with E-state index in [4.69, 9.17) is 13.0 Å². The molecule has 37 heavy (non-hydrogen) atoms. The Balaban J connectivity index is 1.55. The van der Waals surface area contributed by atoms with Crippen molar-refractivity contribution in [2.45, 2.75) is 80.5 Å². The van der Waals surface area contributed by atoms with Crippen molar-refractivity contribution in [2.75, 3.05) is 6.61 Å². The molecule has 0 radical (unpaired) electrons. The zero-order valence-corrected chi connectivity index (χ0v) is 27.9. The second kappa shape index (κ2) is 15.1. The van der Waals surface area contributed by atoms with Crippen LogP contribution in [0.5, 0.6) is 0 Å². The highest BCUT2D eigenvalue weighted by Gasteiger charge is 2.51. The Morgan fingerprint density at radius 1 is 0.838 bits per heavy atom. The molecule has 0 aliphatic heterocycles. The van der Waals surface area contributed by atoms with Gasteiger partial charge in [0.2, 0.25) is 8.32 Å². The van der Waals surface area contributed by atoms with Crippen LogP contribution >= 0.6 is 0 Å². The number of carbonyl (C=O) groups is 1. The minimum atomic E-state index is -2.16. The van der Waals surface area contributed by atoms with Gasteiger partial charge in [0.1, 0.15) is 19.5 Å². The highest BCUT2D eigenvalue weighted by Crippen LogP contribution is 2.51. The van der Waals surface area contributed by atoms with Gasteiger partial charge in [-0.1, -0.05) is 79.5 Å². The van der Waals surface area contributed by atoms with Crippen LogP contribution in [0.15, 0.2) is 85.1 Å². The van der Waals surface area contributed by atoms with Gasteiger partial charge in [-0.05, 0) is 80.5 Å². The summed E-state index contributed by atoms with van der Waals surface area (Å²) < 4.78 is 19.1. The topological polar surface area (TPSA) is 44.8 Å². The molecule has 0 saturated carbocycles. The smallest absolute Gasteiger partial charge is 0.333 e. The molecule has 3 rings (SSSR count). The Morgan fingerprint density at radius 3 is 1.81 bits per heavy atom. The molecule has 3 unspecified atom stereocenters. The number of esters is 1. The molecule has 3 atom stereocenters. The van der Waals surface area contributed by atoms with Crippen LogP contribution in [0.4, 0.5) is 0 Å². The van der Waals surface area contributed by atoms with Gasteiger partial charge < -0.3 is 13.0 Å². The number of hydrogen-bond acceptors (Lipinski definition) is 4. The number of allylic oxidation sites excluding steroid dienone is 12.